The molecule has 0 amide bonds. The molecule has 17 heavy (non-hydrogen) atoms. The van der Waals surface area contributed by atoms with Gasteiger partial charge in [0.15, 0.2) is 0 Å². The maximum Gasteiger partial charge on any atom is 0.0660 e. The molecule has 4 aliphatic carbocycles. The SMILES string of the molecule is C[C@]12[C@@H]3CCC[C@@]1(C)[C@@H](C3)C1(CCCC1)[C@H]2O. The quantitative estimate of drug-likeness (QED) is 0.676. The van der Waals surface area contributed by atoms with Crippen molar-refractivity contribution in [3.05, 3.63) is 0 Å². The van der Waals surface area contributed by atoms with Crippen LogP contribution in [0.1, 0.15) is 65.2 Å². The van der Waals surface area contributed by atoms with Crippen molar-refractivity contribution in [1.29, 1.82) is 0 Å². The molecule has 0 aromatic rings. The third-order valence-electron chi connectivity index (χ3n) is 7.96. The highest BCUT2D eigenvalue weighted by atomic mass is 16.3. The Hall–Kier alpha value is -0.0400. The number of fused-ring (bicyclic) bond motifs is 1. The molecule has 4 saturated carbocycles. The fourth-order valence-corrected chi connectivity index (χ4v) is 7.06. The summed E-state index contributed by atoms with van der Waals surface area (Å²) < 4.78 is 0. The molecule has 0 unspecified atom stereocenters. The molecule has 0 heterocycles. The summed E-state index contributed by atoms with van der Waals surface area (Å²) in [6.07, 6.45) is 11.0. The van der Waals surface area contributed by atoms with E-state index in [2.05, 4.69) is 13.8 Å². The second-order valence-corrected chi connectivity index (χ2v) is 7.92. The molecule has 4 rings (SSSR count). The van der Waals surface area contributed by atoms with Crippen LogP contribution in [-0.4, -0.2) is 11.2 Å². The van der Waals surface area contributed by atoms with Crippen LogP contribution < -0.4 is 0 Å². The van der Waals surface area contributed by atoms with E-state index in [1.54, 1.807) is 0 Å². The van der Waals surface area contributed by atoms with E-state index in [-0.39, 0.29) is 11.5 Å². The van der Waals surface area contributed by atoms with Crippen molar-refractivity contribution < 1.29 is 5.11 Å². The van der Waals surface area contributed by atoms with Gasteiger partial charge < -0.3 is 5.11 Å². The van der Waals surface area contributed by atoms with Crippen molar-refractivity contribution in [2.75, 3.05) is 0 Å². The number of aliphatic hydroxyl groups excluding tert-OH is 1. The van der Waals surface area contributed by atoms with Crippen molar-refractivity contribution in [3.63, 3.8) is 0 Å². The van der Waals surface area contributed by atoms with E-state index >= 15 is 0 Å². The first kappa shape index (κ1) is 10.8. The Bertz CT molecular complexity index is 355. The lowest BCUT2D eigenvalue weighted by molar-refractivity contribution is -0.0985. The maximum atomic E-state index is 11.1. The van der Waals surface area contributed by atoms with Gasteiger partial charge in [-0.2, -0.15) is 0 Å². The summed E-state index contributed by atoms with van der Waals surface area (Å²) in [6, 6.07) is 0. The van der Waals surface area contributed by atoms with Gasteiger partial charge in [-0.15, -0.1) is 0 Å². The summed E-state index contributed by atoms with van der Waals surface area (Å²) in [5.74, 6) is 1.66. The van der Waals surface area contributed by atoms with Crippen LogP contribution in [0.3, 0.4) is 0 Å². The van der Waals surface area contributed by atoms with E-state index < -0.39 is 0 Å². The van der Waals surface area contributed by atoms with Crippen LogP contribution in [0.5, 0.6) is 0 Å². The molecule has 1 heteroatoms. The van der Waals surface area contributed by atoms with E-state index in [1.165, 1.54) is 51.4 Å². The van der Waals surface area contributed by atoms with Crippen LogP contribution >= 0.6 is 0 Å². The molecule has 96 valence electrons. The van der Waals surface area contributed by atoms with Gasteiger partial charge in [-0.25, -0.2) is 0 Å². The smallest absolute Gasteiger partial charge is 0.0660 e. The van der Waals surface area contributed by atoms with Crippen LogP contribution in [0.4, 0.5) is 0 Å². The highest BCUT2D eigenvalue weighted by Gasteiger charge is 2.77. The molecule has 0 aromatic carbocycles. The normalized spacial score (nSPS) is 59.1. The molecular weight excluding hydrogens is 208 g/mol. The van der Waals surface area contributed by atoms with Gasteiger partial charge in [0.25, 0.3) is 0 Å². The standard InChI is InChI=1S/C16H26O/c1-14-7-5-6-11-10-12(14)16(8-3-4-9-16)13(17)15(11,14)2/h11-13,17H,3-10H2,1-2H3/t11-,12-,13+,14+,15-/m1/s1. The number of hydrogen-bond donors (Lipinski definition) is 1. The summed E-state index contributed by atoms with van der Waals surface area (Å²) in [7, 11) is 0. The fraction of sp³-hybridized carbons (Fsp3) is 1.00. The Labute approximate surface area is 105 Å². The van der Waals surface area contributed by atoms with Crippen molar-refractivity contribution in [2.45, 2.75) is 71.3 Å². The minimum atomic E-state index is 0.00606. The van der Waals surface area contributed by atoms with E-state index in [1.807, 2.05) is 0 Å². The maximum absolute atomic E-state index is 11.1. The highest BCUT2D eigenvalue weighted by molar-refractivity contribution is 5.25. The number of hydrogen-bond acceptors (Lipinski definition) is 1. The topological polar surface area (TPSA) is 20.2 Å². The minimum Gasteiger partial charge on any atom is -0.392 e. The fourth-order valence-electron chi connectivity index (χ4n) is 7.06. The van der Waals surface area contributed by atoms with Gasteiger partial charge in [0.2, 0.25) is 0 Å². The second kappa shape index (κ2) is 2.92. The van der Waals surface area contributed by atoms with E-state index in [9.17, 15) is 5.11 Å². The van der Waals surface area contributed by atoms with Crippen LogP contribution in [-0.2, 0) is 0 Å². The Morgan fingerprint density at radius 3 is 2.35 bits per heavy atom. The van der Waals surface area contributed by atoms with Crippen LogP contribution in [0, 0.1) is 28.1 Å². The summed E-state index contributed by atoms with van der Waals surface area (Å²) >= 11 is 0. The first-order valence-corrected chi connectivity index (χ1v) is 7.74. The van der Waals surface area contributed by atoms with Crippen LogP contribution in [0.15, 0.2) is 0 Å². The van der Waals surface area contributed by atoms with Gasteiger partial charge in [-0.1, -0.05) is 33.1 Å². The summed E-state index contributed by atoms with van der Waals surface area (Å²) in [4.78, 5) is 0. The molecule has 4 fully saturated rings. The van der Waals surface area contributed by atoms with Gasteiger partial charge >= 0.3 is 0 Å². The lowest BCUT2D eigenvalue weighted by Gasteiger charge is -2.49. The third kappa shape index (κ3) is 0.895. The monoisotopic (exact) mass is 234 g/mol. The van der Waals surface area contributed by atoms with E-state index in [0.29, 0.717) is 10.8 Å². The molecule has 1 N–H and O–H groups in total. The predicted octanol–water partition coefficient (Wildman–Crippen LogP) is 3.75. The Kier molecular flexibility index (Phi) is 1.86. The van der Waals surface area contributed by atoms with Crippen LogP contribution in [0.2, 0.25) is 0 Å². The molecule has 4 aliphatic rings. The molecule has 0 radical (unpaired) electrons. The average molecular weight is 234 g/mol. The lowest BCUT2D eigenvalue weighted by atomic mass is 9.57. The molecule has 0 saturated heterocycles. The van der Waals surface area contributed by atoms with Crippen molar-refractivity contribution in [1.82, 2.24) is 0 Å². The minimum absolute atomic E-state index is 0.00606. The van der Waals surface area contributed by atoms with E-state index in [4.69, 9.17) is 0 Å². The Balaban J connectivity index is 1.88. The Morgan fingerprint density at radius 1 is 1.00 bits per heavy atom. The van der Waals surface area contributed by atoms with Gasteiger partial charge in [0, 0.05) is 10.8 Å². The number of rotatable bonds is 0. The Morgan fingerprint density at radius 2 is 1.71 bits per heavy atom. The zero-order chi connectivity index (χ0) is 11.9. The van der Waals surface area contributed by atoms with Crippen molar-refractivity contribution in [3.8, 4) is 0 Å². The zero-order valence-corrected chi connectivity index (χ0v) is 11.3. The van der Waals surface area contributed by atoms with Gasteiger partial charge in [0.1, 0.15) is 0 Å². The largest absolute Gasteiger partial charge is 0.392 e. The van der Waals surface area contributed by atoms with Crippen molar-refractivity contribution >= 4 is 0 Å². The molecular formula is C16H26O. The first-order valence-electron chi connectivity index (χ1n) is 7.74. The summed E-state index contributed by atoms with van der Waals surface area (Å²) in [6.45, 7) is 4.96. The highest BCUT2D eigenvalue weighted by Crippen LogP contribution is 2.80. The van der Waals surface area contributed by atoms with Gasteiger partial charge in [-0.3, -0.25) is 0 Å². The van der Waals surface area contributed by atoms with E-state index in [0.717, 1.165) is 11.8 Å². The molecule has 1 spiro atoms. The lowest BCUT2D eigenvalue weighted by Crippen LogP contribution is -2.49. The van der Waals surface area contributed by atoms with Gasteiger partial charge in [-0.05, 0) is 49.4 Å². The molecule has 0 aromatic heterocycles. The molecule has 1 nitrogen and oxygen atoms in total. The third-order valence-corrected chi connectivity index (χ3v) is 7.96. The number of aliphatic hydroxyl groups is 1. The van der Waals surface area contributed by atoms with Crippen LogP contribution in [0.25, 0.3) is 0 Å². The zero-order valence-electron chi connectivity index (χ0n) is 11.3. The first-order chi connectivity index (χ1) is 8.06. The van der Waals surface area contributed by atoms with Crippen molar-refractivity contribution in [2.24, 2.45) is 28.1 Å². The molecule has 4 bridgehead atoms. The summed E-state index contributed by atoms with van der Waals surface area (Å²) in [5.41, 5.74) is 1.05. The summed E-state index contributed by atoms with van der Waals surface area (Å²) in [5, 5.41) is 11.1. The van der Waals surface area contributed by atoms with Gasteiger partial charge in [0.05, 0.1) is 6.10 Å². The molecule has 5 atom stereocenters. The predicted molar refractivity (Wildman–Crippen MR) is 68.6 cm³/mol. The average Bonchev–Trinajstić information content (AvgIpc) is 2.84. The molecule has 0 aliphatic heterocycles. The second-order valence-electron chi connectivity index (χ2n) is 7.92.